The fraction of sp³-hybridized carbons (Fsp3) is 0.833. The molecule has 0 saturated heterocycles. The monoisotopic (exact) mass is 163 g/mol. The van der Waals surface area contributed by atoms with Crippen LogP contribution in [0.3, 0.4) is 0 Å². The van der Waals surface area contributed by atoms with E-state index in [1.54, 1.807) is 0 Å². The van der Waals surface area contributed by atoms with Gasteiger partial charge in [0, 0.05) is 13.1 Å². The number of hydrogen-bond donors (Lipinski definition) is 1. The molecule has 0 heterocycles. The van der Waals surface area contributed by atoms with Crippen molar-refractivity contribution < 1.29 is 0 Å². The summed E-state index contributed by atoms with van der Waals surface area (Å²) in [4.78, 5) is 3.85. The Balaban J connectivity index is 0. The van der Waals surface area contributed by atoms with E-state index in [-0.39, 0.29) is 12.4 Å². The van der Waals surface area contributed by atoms with Gasteiger partial charge < -0.3 is 5.43 Å². The van der Waals surface area contributed by atoms with E-state index in [1.807, 2.05) is 6.92 Å². The van der Waals surface area contributed by atoms with E-state index < -0.39 is 0 Å². The first-order valence-electron chi connectivity index (χ1n) is 3.25. The molecular formula is C6H14ClN3. The molecule has 4 heteroatoms. The third-order valence-electron chi connectivity index (χ3n) is 0.693. The van der Waals surface area contributed by atoms with E-state index in [0.29, 0.717) is 0 Å². The van der Waals surface area contributed by atoms with Gasteiger partial charge in [0.2, 0.25) is 0 Å². The van der Waals surface area contributed by atoms with Gasteiger partial charge in [-0.2, -0.15) is 0 Å². The van der Waals surface area contributed by atoms with E-state index in [4.69, 9.17) is 0 Å². The van der Waals surface area contributed by atoms with Crippen molar-refractivity contribution in [3.63, 3.8) is 0 Å². The standard InChI is InChI=1S/C6H13N3.ClH/c1-3-5-7-6-9-8-4-2;/h8H,3-5H2,1-2H3;1H. The van der Waals surface area contributed by atoms with Crippen LogP contribution in [0.5, 0.6) is 0 Å². The highest BCUT2D eigenvalue weighted by Gasteiger charge is 1.68. The zero-order valence-electron chi connectivity index (χ0n) is 6.42. The van der Waals surface area contributed by atoms with Gasteiger partial charge in [0.15, 0.2) is 0 Å². The first-order valence-corrected chi connectivity index (χ1v) is 3.25. The van der Waals surface area contributed by atoms with Crippen LogP contribution in [0.15, 0.2) is 10.1 Å². The first kappa shape index (κ1) is 12.2. The summed E-state index contributed by atoms with van der Waals surface area (Å²) < 4.78 is 0. The van der Waals surface area contributed by atoms with Crippen molar-refractivity contribution in [1.82, 2.24) is 5.43 Å². The molecule has 0 saturated carbocycles. The maximum Gasteiger partial charge on any atom is 0.114 e. The van der Waals surface area contributed by atoms with Crippen molar-refractivity contribution in [2.45, 2.75) is 20.3 Å². The third kappa shape index (κ3) is 10.5. The molecule has 3 nitrogen and oxygen atoms in total. The average molecular weight is 164 g/mol. The van der Waals surface area contributed by atoms with Crippen molar-refractivity contribution in [2.24, 2.45) is 10.1 Å². The summed E-state index contributed by atoms with van der Waals surface area (Å²) in [6.07, 6.45) is 1.05. The van der Waals surface area contributed by atoms with Gasteiger partial charge in [0.05, 0.1) is 0 Å². The average Bonchev–Trinajstić information content (AvgIpc) is 1.89. The predicted octanol–water partition coefficient (Wildman–Crippen LogP) is 1.52. The van der Waals surface area contributed by atoms with Crippen molar-refractivity contribution in [2.75, 3.05) is 13.1 Å². The number of hydrazone groups is 1. The number of halogens is 1. The lowest BCUT2D eigenvalue weighted by Gasteiger charge is -1.83. The summed E-state index contributed by atoms with van der Waals surface area (Å²) in [5.74, 6) is 0. The van der Waals surface area contributed by atoms with E-state index >= 15 is 0 Å². The van der Waals surface area contributed by atoms with Crippen LogP contribution in [-0.4, -0.2) is 19.1 Å². The Morgan fingerprint density at radius 1 is 1.40 bits per heavy atom. The Hall–Kier alpha value is -0.530. The Labute approximate surface area is 68.0 Å². The third-order valence-corrected chi connectivity index (χ3v) is 0.693. The molecule has 0 unspecified atom stereocenters. The lowest BCUT2D eigenvalue weighted by molar-refractivity contribution is 0.786. The molecular weight excluding hydrogens is 150 g/mol. The summed E-state index contributed by atoms with van der Waals surface area (Å²) in [5.41, 5.74) is 2.73. The highest BCUT2D eigenvalue weighted by Crippen LogP contribution is 1.72. The molecule has 0 aromatic carbocycles. The van der Waals surface area contributed by atoms with Gasteiger partial charge in [-0.3, -0.25) is 0 Å². The second kappa shape index (κ2) is 11.3. The zero-order valence-corrected chi connectivity index (χ0v) is 7.24. The van der Waals surface area contributed by atoms with Gasteiger partial charge in [-0.05, 0) is 13.3 Å². The maximum absolute atomic E-state index is 3.85. The van der Waals surface area contributed by atoms with Crippen LogP contribution in [0.1, 0.15) is 20.3 Å². The highest BCUT2D eigenvalue weighted by atomic mass is 35.5. The minimum absolute atomic E-state index is 0. The molecule has 1 N–H and O–H groups in total. The quantitative estimate of drug-likeness (QED) is 0.495. The molecule has 0 spiro atoms. The summed E-state index contributed by atoms with van der Waals surface area (Å²) in [6.45, 7) is 5.69. The largest absolute Gasteiger partial charge is 0.301 e. The smallest absolute Gasteiger partial charge is 0.114 e. The van der Waals surface area contributed by atoms with Gasteiger partial charge in [0.25, 0.3) is 0 Å². The number of nitrogens with zero attached hydrogens (tertiary/aromatic N) is 2. The van der Waals surface area contributed by atoms with Crippen LogP contribution >= 0.6 is 12.4 Å². The molecule has 0 aliphatic rings. The molecule has 0 aromatic heterocycles. The molecule has 0 bridgehead atoms. The van der Waals surface area contributed by atoms with Crippen molar-refractivity contribution in [3.8, 4) is 0 Å². The predicted molar refractivity (Wildman–Crippen MR) is 45.9 cm³/mol. The van der Waals surface area contributed by atoms with Gasteiger partial charge in [0.1, 0.15) is 6.01 Å². The van der Waals surface area contributed by atoms with Crippen molar-refractivity contribution >= 4 is 18.4 Å². The number of hydrogen-bond acceptors (Lipinski definition) is 3. The van der Waals surface area contributed by atoms with Crippen LogP contribution in [0, 0.1) is 0 Å². The summed E-state index contributed by atoms with van der Waals surface area (Å²) in [5, 5.41) is 3.66. The highest BCUT2D eigenvalue weighted by molar-refractivity contribution is 5.85. The minimum atomic E-state index is 0. The van der Waals surface area contributed by atoms with Crippen LogP contribution < -0.4 is 5.43 Å². The van der Waals surface area contributed by atoms with E-state index in [2.05, 4.69) is 28.5 Å². The van der Waals surface area contributed by atoms with Crippen LogP contribution in [0.4, 0.5) is 0 Å². The molecule has 0 fully saturated rings. The summed E-state index contributed by atoms with van der Waals surface area (Å²) in [6, 6.07) is 2.53. The van der Waals surface area contributed by atoms with Crippen LogP contribution in [-0.2, 0) is 0 Å². The van der Waals surface area contributed by atoms with Gasteiger partial charge in [-0.15, -0.1) is 17.5 Å². The fourth-order valence-electron chi connectivity index (χ4n) is 0.312. The van der Waals surface area contributed by atoms with Crippen molar-refractivity contribution in [1.29, 1.82) is 0 Å². The molecule has 0 radical (unpaired) electrons. The van der Waals surface area contributed by atoms with Crippen LogP contribution in [0.25, 0.3) is 0 Å². The molecule has 0 aromatic rings. The van der Waals surface area contributed by atoms with Gasteiger partial charge in [-0.25, -0.2) is 4.99 Å². The van der Waals surface area contributed by atoms with E-state index in [1.165, 1.54) is 0 Å². The topological polar surface area (TPSA) is 36.8 Å². The lowest BCUT2D eigenvalue weighted by atomic mass is 10.5. The second-order valence-electron chi connectivity index (χ2n) is 1.61. The molecule has 60 valence electrons. The van der Waals surface area contributed by atoms with E-state index in [0.717, 1.165) is 19.5 Å². The normalized spacial score (nSPS) is 7.00. The first-order chi connectivity index (χ1) is 4.41. The summed E-state index contributed by atoms with van der Waals surface area (Å²) >= 11 is 0. The van der Waals surface area contributed by atoms with Gasteiger partial charge >= 0.3 is 0 Å². The van der Waals surface area contributed by atoms with Crippen LogP contribution in [0.2, 0.25) is 0 Å². The second-order valence-corrected chi connectivity index (χ2v) is 1.61. The zero-order chi connectivity index (χ0) is 6.95. The molecule has 0 amide bonds. The summed E-state index contributed by atoms with van der Waals surface area (Å²) in [7, 11) is 0. The lowest BCUT2D eigenvalue weighted by Crippen LogP contribution is -2.01. The Kier molecular flexibility index (Phi) is 13.7. The van der Waals surface area contributed by atoms with Crippen molar-refractivity contribution in [3.05, 3.63) is 0 Å². The molecule has 10 heavy (non-hydrogen) atoms. The molecule has 0 aliphatic heterocycles. The van der Waals surface area contributed by atoms with E-state index in [9.17, 15) is 0 Å². The number of rotatable bonds is 4. The fourth-order valence-corrected chi connectivity index (χ4v) is 0.312. The Bertz CT molecular complexity index is 97.6. The molecule has 0 atom stereocenters. The Morgan fingerprint density at radius 2 is 2.10 bits per heavy atom. The van der Waals surface area contributed by atoms with Gasteiger partial charge in [-0.1, -0.05) is 6.92 Å². The molecule has 0 rings (SSSR count). The minimum Gasteiger partial charge on any atom is -0.301 e. The maximum atomic E-state index is 3.85. The molecule has 0 aliphatic carbocycles. The SMILES string of the molecule is CCCN=C=NNCC.Cl. The Morgan fingerprint density at radius 3 is 2.60 bits per heavy atom. The number of aliphatic imine (C=N–C) groups is 1. The number of nitrogens with one attached hydrogen (secondary N) is 1.